The SMILES string of the molecule is COC(=O)C(CO)Nc1nccc(C#N)c1[N+](=O)[O-]. The minimum atomic E-state index is -1.20. The molecule has 1 atom stereocenters. The van der Waals surface area contributed by atoms with Gasteiger partial charge in [0.25, 0.3) is 0 Å². The van der Waals surface area contributed by atoms with Crippen LogP contribution in [0.1, 0.15) is 5.56 Å². The number of nitriles is 1. The van der Waals surface area contributed by atoms with E-state index in [0.29, 0.717) is 0 Å². The molecule has 0 aromatic carbocycles. The Balaban J connectivity index is 3.17. The Hall–Kier alpha value is -2.73. The molecule has 1 unspecified atom stereocenters. The van der Waals surface area contributed by atoms with Crippen molar-refractivity contribution in [3.05, 3.63) is 27.9 Å². The molecular formula is C10H10N4O5. The number of hydrogen-bond donors (Lipinski definition) is 2. The van der Waals surface area contributed by atoms with Gasteiger partial charge in [0.05, 0.1) is 18.6 Å². The van der Waals surface area contributed by atoms with E-state index in [1.807, 2.05) is 0 Å². The molecular weight excluding hydrogens is 256 g/mol. The monoisotopic (exact) mass is 266 g/mol. The molecule has 0 saturated heterocycles. The maximum Gasteiger partial charge on any atom is 0.330 e. The lowest BCUT2D eigenvalue weighted by atomic mass is 10.2. The van der Waals surface area contributed by atoms with Crippen LogP contribution in [0.5, 0.6) is 0 Å². The molecule has 2 N–H and O–H groups in total. The zero-order chi connectivity index (χ0) is 14.4. The number of aliphatic hydroxyl groups is 1. The van der Waals surface area contributed by atoms with Crippen molar-refractivity contribution >= 4 is 17.5 Å². The Kier molecular flexibility index (Phi) is 4.73. The van der Waals surface area contributed by atoms with E-state index in [0.717, 1.165) is 7.11 Å². The number of esters is 1. The minimum absolute atomic E-state index is 0.205. The van der Waals surface area contributed by atoms with Gasteiger partial charge >= 0.3 is 11.7 Å². The van der Waals surface area contributed by atoms with Crippen LogP contribution in [0, 0.1) is 21.4 Å². The number of nitro groups is 1. The number of methoxy groups -OCH3 is 1. The molecule has 1 aromatic heterocycles. The molecule has 0 aliphatic heterocycles. The van der Waals surface area contributed by atoms with E-state index in [9.17, 15) is 14.9 Å². The fourth-order valence-electron chi connectivity index (χ4n) is 1.32. The Morgan fingerprint density at radius 3 is 2.95 bits per heavy atom. The second-order valence-corrected chi connectivity index (χ2v) is 3.33. The molecule has 0 bridgehead atoms. The Morgan fingerprint density at radius 2 is 2.47 bits per heavy atom. The topological polar surface area (TPSA) is 138 Å². The minimum Gasteiger partial charge on any atom is -0.467 e. The van der Waals surface area contributed by atoms with Crippen molar-refractivity contribution in [1.82, 2.24) is 4.98 Å². The van der Waals surface area contributed by atoms with Gasteiger partial charge in [0, 0.05) is 6.20 Å². The largest absolute Gasteiger partial charge is 0.467 e. The van der Waals surface area contributed by atoms with E-state index < -0.39 is 29.2 Å². The number of aromatic nitrogens is 1. The average molecular weight is 266 g/mol. The highest BCUT2D eigenvalue weighted by Gasteiger charge is 2.26. The van der Waals surface area contributed by atoms with Crippen LogP contribution >= 0.6 is 0 Å². The highest BCUT2D eigenvalue weighted by atomic mass is 16.6. The molecule has 9 heteroatoms. The number of ether oxygens (including phenoxy) is 1. The predicted molar refractivity (Wildman–Crippen MR) is 62.1 cm³/mol. The lowest BCUT2D eigenvalue weighted by Crippen LogP contribution is -2.34. The van der Waals surface area contributed by atoms with Crippen LogP contribution in [0.3, 0.4) is 0 Å². The van der Waals surface area contributed by atoms with Gasteiger partial charge in [-0.2, -0.15) is 5.26 Å². The van der Waals surface area contributed by atoms with Crippen LogP contribution < -0.4 is 5.32 Å². The maximum absolute atomic E-state index is 11.3. The van der Waals surface area contributed by atoms with Crippen molar-refractivity contribution in [2.24, 2.45) is 0 Å². The number of anilines is 1. The van der Waals surface area contributed by atoms with E-state index in [2.05, 4.69) is 15.0 Å². The fourth-order valence-corrected chi connectivity index (χ4v) is 1.32. The summed E-state index contributed by atoms with van der Waals surface area (Å²) in [6, 6.07) is 1.62. The summed E-state index contributed by atoms with van der Waals surface area (Å²) in [6.45, 7) is -0.637. The van der Waals surface area contributed by atoms with Crippen LogP contribution in [0.2, 0.25) is 0 Å². The number of carbonyl (C=O) groups is 1. The van der Waals surface area contributed by atoms with E-state index in [1.165, 1.54) is 12.3 Å². The van der Waals surface area contributed by atoms with Crippen molar-refractivity contribution in [1.29, 1.82) is 5.26 Å². The van der Waals surface area contributed by atoms with Crippen LogP contribution in [0.15, 0.2) is 12.3 Å². The molecule has 0 amide bonds. The summed E-state index contributed by atoms with van der Waals surface area (Å²) in [7, 11) is 1.11. The first-order chi connectivity index (χ1) is 9.04. The van der Waals surface area contributed by atoms with E-state index in [-0.39, 0.29) is 11.4 Å². The smallest absolute Gasteiger partial charge is 0.330 e. The highest BCUT2D eigenvalue weighted by molar-refractivity contribution is 5.80. The first-order valence-corrected chi connectivity index (χ1v) is 5.03. The normalized spacial score (nSPS) is 11.2. The van der Waals surface area contributed by atoms with Gasteiger partial charge in [0.1, 0.15) is 17.7 Å². The summed E-state index contributed by atoms with van der Waals surface area (Å²) < 4.78 is 4.41. The van der Waals surface area contributed by atoms with Gasteiger partial charge in [-0.15, -0.1) is 0 Å². The summed E-state index contributed by atoms with van der Waals surface area (Å²) in [5.74, 6) is -1.09. The number of hydrogen-bond acceptors (Lipinski definition) is 8. The van der Waals surface area contributed by atoms with Crippen molar-refractivity contribution in [3.63, 3.8) is 0 Å². The Bertz CT molecular complexity index is 539. The molecule has 9 nitrogen and oxygen atoms in total. The Morgan fingerprint density at radius 1 is 1.79 bits per heavy atom. The zero-order valence-corrected chi connectivity index (χ0v) is 9.86. The number of aliphatic hydroxyl groups excluding tert-OH is 1. The van der Waals surface area contributed by atoms with Crippen LogP contribution in [-0.2, 0) is 9.53 Å². The summed E-state index contributed by atoms with van der Waals surface area (Å²) in [5, 5.41) is 31.1. The molecule has 100 valence electrons. The molecule has 1 rings (SSSR count). The molecule has 0 saturated carbocycles. The van der Waals surface area contributed by atoms with Gasteiger partial charge < -0.3 is 15.2 Å². The summed E-state index contributed by atoms with van der Waals surface area (Å²) in [6.07, 6.45) is 1.18. The number of rotatable bonds is 5. The number of carbonyl (C=O) groups excluding carboxylic acids is 1. The Labute approximate surface area is 107 Å². The van der Waals surface area contributed by atoms with E-state index >= 15 is 0 Å². The molecule has 1 aromatic rings. The molecule has 0 aliphatic carbocycles. The highest BCUT2D eigenvalue weighted by Crippen LogP contribution is 2.26. The lowest BCUT2D eigenvalue weighted by Gasteiger charge is -2.14. The van der Waals surface area contributed by atoms with Gasteiger partial charge in [-0.1, -0.05) is 0 Å². The third-order valence-corrected chi connectivity index (χ3v) is 2.21. The third-order valence-electron chi connectivity index (χ3n) is 2.21. The van der Waals surface area contributed by atoms with Gasteiger partial charge in [0.15, 0.2) is 0 Å². The predicted octanol–water partition coefficient (Wildman–Crippen LogP) is -0.193. The molecule has 0 aliphatic rings. The molecule has 0 fully saturated rings. The lowest BCUT2D eigenvalue weighted by molar-refractivity contribution is -0.384. The summed E-state index contributed by atoms with van der Waals surface area (Å²) >= 11 is 0. The number of pyridine rings is 1. The standard InChI is InChI=1S/C10H10N4O5/c1-19-10(16)7(5-15)13-9-8(14(17)18)6(4-11)2-3-12-9/h2-3,7,15H,5H2,1H3,(H,12,13). The second kappa shape index (κ2) is 6.27. The van der Waals surface area contributed by atoms with Crippen LogP contribution in [0.4, 0.5) is 11.5 Å². The van der Waals surface area contributed by atoms with Crippen molar-refractivity contribution in [2.45, 2.75) is 6.04 Å². The van der Waals surface area contributed by atoms with Crippen molar-refractivity contribution in [3.8, 4) is 6.07 Å². The first-order valence-electron chi connectivity index (χ1n) is 5.03. The van der Waals surface area contributed by atoms with Gasteiger partial charge in [0.2, 0.25) is 5.82 Å². The molecule has 1 heterocycles. The quantitative estimate of drug-likeness (QED) is 0.424. The van der Waals surface area contributed by atoms with E-state index in [1.54, 1.807) is 6.07 Å². The first kappa shape index (κ1) is 14.3. The van der Waals surface area contributed by atoms with Crippen LogP contribution in [0.25, 0.3) is 0 Å². The summed E-state index contributed by atoms with van der Waals surface area (Å²) in [4.78, 5) is 25.1. The molecule has 0 radical (unpaired) electrons. The average Bonchev–Trinajstić information content (AvgIpc) is 2.42. The third kappa shape index (κ3) is 3.14. The fraction of sp³-hybridized carbons (Fsp3) is 0.300. The number of nitrogens with zero attached hydrogens (tertiary/aromatic N) is 3. The van der Waals surface area contributed by atoms with Gasteiger partial charge in [-0.25, -0.2) is 9.78 Å². The molecule has 0 spiro atoms. The van der Waals surface area contributed by atoms with Crippen LogP contribution in [-0.4, -0.2) is 40.7 Å². The zero-order valence-electron chi connectivity index (χ0n) is 9.86. The van der Waals surface area contributed by atoms with Gasteiger partial charge in [-0.3, -0.25) is 10.1 Å². The maximum atomic E-state index is 11.3. The summed E-state index contributed by atoms with van der Waals surface area (Å²) in [5.41, 5.74) is -0.767. The number of nitrogens with one attached hydrogen (secondary N) is 1. The van der Waals surface area contributed by atoms with Crippen molar-refractivity contribution < 1.29 is 19.6 Å². The molecule has 19 heavy (non-hydrogen) atoms. The van der Waals surface area contributed by atoms with Gasteiger partial charge in [-0.05, 0) is 6.07 Å². The second-order valence-electron chi connectivity index (χ2n) is 3.33. The van der Waals surface area contributed by atoms with E-state index in [4.69, 9.17) is 10.4 Å². The van der Waals surface area contributed by atoms with Crippen molar-refractivity contribution in [2.75, 3.05) is 19.0 Å².